The van der Waals surface area contributed by atoms with Crippen LogP contribution >= 0.6 is 0 Å². The SMILES string of the molecule is O=C(c1ccc2c(c1)C1(OCCCO1)C(=O)N2c1ccncc1)N1CCC(F)(F)CC1. The van der Waals surface area contributed by atoms with Crippen LogP contribution < -0.4 is 4.90 Å². The number of likely N-dealkylation sites (tertiary alicyclic amines) is 1. The standard InChI is InChI=1S/C22H21F2N3O4/c23-21(24)6-10-26(11-7-21)19(28)15-2-3-18-17(14-15)22(30-12-1-13-31-22)20(29)27(18)16-4-8-25-9-5-16/h2-5,8-9,14H,1,6-7,10-13H2. The molecule has 0 radical (unpaired) electrons. The summed E-state index contributed by atoms with van der Waals surface area (Å²) in [4.78, 5) is 33.4. The zero-order valence-electron chi connectivity index (χ0n) is 16.7. The van der Waals surface area contributed by atoms with Gasteiger partial charge in [0.1, 0.15) is 0 Å². The number of nitrogens with zero attached hydrogens (tertiary/aromatic N) is 3. The van der Waals surface area contributed by atoms with Gasteiger partial charge in [0.2, 0.25) is 0 Å². The van der Waals surface area contributed by atoms with Gasteiger partial charge in [-0.2, -0.15) is 0 Å². The summed E-state index contributed by atoms with van der Waals surface area (Å²) < 4.78 is 38.7. The maximum absolute atomic E-state index is 13.5. The second-order valence-electron chi connectivity index (χ2n) is 7.89. The number of hydrogen-bond acceptors (Lipinski definition) is 5. The maximum atomic E-state index is 13.5. The van der Waals surface area contributed by atoms with Crippen LogP contribution in [0.3, 0.4) is 0 Å². The Morgan fingerprint density at radius 3 is 2.39 bits per heavy atom. The molecule has 1 spiro atoms. The molecule has 3 aliphatic heterocycles. The molecule has 1 aromatic heterocycles. The molecule has 2 saturated heterocycles. The Hall–Kier alpha value is -2.91. The molecule has 3 aliphatic rings. The summed E-state index contributed by atoms with van der Waals surface area (Å²) in [7, 11) is 0. The summed E-state index contributed by atoms with van der Waals surface area (Å²) in [5.74, 6) is -5.10. The maximum Gasteiger partial charge on any atom is 0.297 e. The van der Waals surface area contributed by atoms with Gasteiger partial charge in [-0.05, 0) is 36.8 Å². The summed E-state index contributed by atoms with van der Waals surface area (Å²) in [6, 6.07) is 8.29. The molecule has 9 heteroatoms. The Morgan fingerprint density at radius 1 is 1.03 bits per heavy atom. The number of carbonyl (C=O) groups is 2. The molecule has 0 saturated carbocycles. The molecule has 2 amide bonds. The van der Waals surface area contributed by atoms with Crippen molar-refractivity contribution in [3.05, 3.63) is 53.9 Å². The molecule has 7 nitrogen and oxygen atoms in total. The number of amides is 2. The molecular formula is C22H21F2N3O4. The van der Waals surface area contributed by atoms with E-state index < -0.39 is 17.6 Å². The number of pyridine rings is 1. The predicted octanol–water partition coefficient (Wildman–Crippen LogP) is 3.22. The first kappa shape index (κ1) is 20.0. The Morgan fingerprint density at radius 2 is 1.71 bits per heavy atom. The molecule has 2 aromatic rings. The van der Waals surface area contributed by atoms with E-state index in [9.17, 15) is 18.4 Å². The fourth-order valence-electron chi connectivity index (χ4n) is 4.28. The number of rotatable bonds is 2. The van der Waals surface area contributed by atoms with E-state index in [1.165, 1.54) is 9.80 Å². The van der Waals surface area contributed by atoms with Crippen LogP contribution in [0.15, 0.2) is 42.7 Å². The normalized spacial score (nSPS) is 21.9. The van der Waals surface area contributed by atoms with Gasteiger partial charge in [-0.25, -0.2) is 8.78 Å². The van der Waals surface area contributed by atoms with Crippen molar-refractivity contribution in [1.82, 2.24) is 9.88 Å². The van der Waals surface area contributed by atoms with Gasteiger partial charge in [-0.1, -0.05) is 0 Å². The smallest absolute Gasteiger partial charge is 0.297 e. The fraction of sp³-hybridized carbons (Fsp3) is 0.409. The highest BCUT2D eigenvalue weighted by Crippen LogP contribution is 2.48. The molecule has 2 fully saturated rings. The first-order chi connectivity index (χ1) is 14.9. The molecular weight excluding hydrogens is 408 g/mol. The van der Waals surface area contributed by atoms with Crippen molar-refractivity contribution in [3.8, 4) is 0 Å². The first-order valence-electron chi connectivity index (χ1n) is 10.3. The third-order valence-electron chi connectivity index (χ3n) is 5.93. The van der Waals surface area contributed by atoms with Crippen LogP contribution in [0.25, 0.3) is 0 Å². The van der Waals surface area contributed by atoms with Gasteiger partial charge in [-0.15, -0.1) is 0 Å². The molecule has 162 valence electrons. The molecule has 0 atom stereocenters. The van der Waals surface area contributed by atoms with E-state index in [4.69, 9.17) is 9.47 Å². The predicted molar refractivity (Wildman–Crippen MR) is 106 cm³/mol. The van der Waals surface area contributed by atoms with Crippen LogP contribution in [0.4, 0.5) is 20.2 Å². The van der Waals surface area contributed by atoms with Crippen LogP contribution in [0.1, 0.15) is 35.2 Å². The highest BCUT2D eigenvalue weighted by atomic mass is 19.3. The van der Waals surface area contributed by atoms with Crippen molar-refractivity contribution >= 4 is 23.2 Å². The van der Waals surface area contributed by atoms with Gasteiger partial charge in [0.05, 0.1) is 24.6 Å². The monoisotopic (exact) mass is 429 g/mol. The van der Waals surface area contributed by atoms with Crippen molar-refractivity contribution in [3.63, 3.8) is 0 Å². The molecule has 4 heterocycles. The molecule has 0 aliphatic carbocycles. The third-order valence-corrected chi connectivity index (χ3v) is 5.93. The average molecular weight is 429 g/mol. The van der Waals surface area contributed by atoms with Gasteiger partial charge < -0.3 is 14.4 Å². The Kier molecular flexibility index (Phi) is 4.75. The lowest BCUT2D eigenvalue weighted by molar-refractivity contribution is -0.256. The zero-order chi connectivity index (χ0) is 21.6. The third kappa shape index (κ3) is 3.28. The van der Waals surface area contributed by atoms with E-state index in [-0.39, 0.29) is 31.8 Å². The van der Waals surface area contributed by atoms with Crippen LogP contribution in [-0.4, -0.2) is 53.9 Å². The van der Waals surface area contributed by atoms with E-state index in [0.717, 1.165) is 0 Å². The summed E-state index contributed by atoms with van der Waals surface area (Å²) in [5.41, 5.74) is 1.92. The van der Waals surface area contributed by atoms with Crippen LogP contribution in [-0.2, 0) is 20.1 Å². The molecule has 1 aromatic carbocycles. The Labute approximate surface area is 177 Å². The largest absolute Gasteiger partial charge is 0.338 e. The molecule has 0 bridgehead atoms. The average Bonchev–Trinajstić information content (AvgIpc) is 3.02. The minimum Gasteiger partial charge on any atom is -0.338 e. The number of piperidine rings is 1. The second kappa shape index (κ2) is 7.35. The topological polar surface area (TPSA) is 72.0 Å². The number of anilines is 2. The molecule has 5 rings (SSSR count). The highest BCUT2D eigenvalue weighted by molar-refractivity contribution is 6.12. The molecule has 31 heavy (non-hydrogen) atoms. The van der Waals surface area contributed by atoms with E-state index in [1.807, 2.05) is 0 Å². The van der Waals surface area contributed by atoms with Crippen molar-refractivity contribution in [1.29, 1.82) is 0 Å². The van der Waals surface area contributed by atoms with E-state index in [0.29, 0.717) is 42.1 Å². The number of carbonyl (C=O) groups excluding carboxylic acids is 2. The van der Waals surface area contributed by atoms with Crippen LogP contribution in [0.5, 0.6) is 0 Å². The second-order valence-corrected chi connectivity index (χ2v) is 7.89. The van der Waals surface area contributed by atoms with E-state index in [1.54, 1.807) is 42.7 Å². The summed E-state index contributed by atoms with van der Waals surface area (Å²) in [6.45, 7) is 0.662. The van der Waals surface area contributed by atoms with Crippen LogP contribution in [0.2, 0.25) is 0 Å². The number of halogens is 2. The quantitative estimate of drug-likeness (QED) is 0.733. The lowest BCUT2D eigenvalue weighted by Gasteiger charge is -2.33. The minimum absolute atomic E-state index is 0.0108. The fourth-order valence-corrected chi connectivity index (χ4v) is 4.28. The minimum atomic E-state index is -2.74. The van der Waals surface area contributed by atoms with E-state index in [2.05, 4.69) is 4.98 Å². The highest BCUT2D eigenvalue weighted by Gasteiger charge is 2.55. The zero-order valence-corrected chi connectivity index (χ0v) is 16.7. The molecule has 0 unspecified atom stereocenters. The molecule has 0 N–H and O–H groups in total. The van der Waals surface area contributed by atoms with Gasteiger partial charge in [0.15, 0.2) is 0 Å². The summed E-state index contributed by atoms with van der Waals surface area (Å²) >= 11 is 0. The first-order valence-corrected chi connectivity index (χ1v) is 10.3. The Bertz CT molecular complexity index is 1010. The number of aromatic nitrogens is 1. The number of fused-ring (bicyclic) bond motifs is 2. The Balaban J connectivity index is 1.54. The van der Waals surface area contributed by atoms with Gasteiger partial charge in [-0.3, -0.25) is 19.5 Å². The number of ether oxygens (including phenoxy) is 2. The van der Waals surface area contributed by atoms with Crippen molar-refractivity contribution in [2.75, 3.05) is 31.2 Å². The summed E-state index contributed by atoms with van der Waals surface area (Å²) in [5, 5.41) is 0. The van der Waals surface area contributed by atoms with Crippen molar-refractivity contribution < 1.29 is 27.8 Å². The number of benzene rings is 1. The van der Waals surface area contributed by atoms with Crippen molar-refractivity contribution in [2.45, 2.75) is 31.0 Å². The summed E-state index contributed by atoms with van der Waals surface area (Å²) in [6.07, 6.45) is 3.11. The van der Waals surface area contributed by atoms with Gasteiger partial charge >= 0.3 is 0 Å². The number of alkyl halides is 2. The lowest BCUT2D eigenvalue weighted by Crippen LogP contribution is -2.46. The van der Waals surface area contributed by atoms with Crippen molar-refractivity contribution in [2.24, 2.45) is 0 Å². The van der Waals surface area contributed by atoms with Gasteiger partial charge in [0, 0.05) is 49.5 Å². The van der Waals surface area contributed by atoms with E-state index >= 15 is 0 Å². The number of hydrogen-bond donors (Lipinski definition) is 0. The lowest BCUT2D eigenvalue weighted by atomic mass is 10.0. The van der Waals surface area contributed by atoms with Crippen LogP contribution in [0, 0.1) is 0 Å². The van der Waals surface area contributed by atoms with Gasteiger partial charge in [0.25, 0.3) is 23.5 Å².